The molecule has 0 aliphatic heterocycles. The summed E-state index contributed by atoms with van der Waals surface area (Å²) in [6.07, 6.45) is 0. The Morgan fingerprint density at radius 3 is 2.38 bits per heavy atom. The summed E-state index contributed by atoms with van der Waals surface area (Å²) >= 11 is 0. The fourth-order valence-corrected chi connectivity index (χ4v) is 1.63. The van der Waals surface area contributed by atoms with Gasteiger partial charge in [0, 0.05) is 19.2 Å². The van der Waals surface area contributed by atoms with E-state index < -0.39 is 5.60 Å². The number of carbonyl (C=O) groups is 2. The van der Waals surface area contributed by atoms with Crippen molar-refractivity contribution in [1.82, 2.24) is 10.2 Å². The standard InChI is InChI=1S/C16H24N2O3/c1-12(2)16(3,21)11-17-14(19)10-18(4)15(20)13-8-6-5-7-9-13/h5-9,12,21H,10-11H2,1-4H3,(H,17,19). The Kier molecular flexibility index (Phi) is 5.90. The molecule has 0 aliphatic carbocycles. The Bertz CT molecular complexity index is 484. The van der Waals surface area contributed by atoms with Crippen molar-refractivity contribution in [2.24, 2.45) is 5.92 Å². The SMILES string of the molecule is CC(C)C(C)(O)CNC(=O)CN(C)C(=O)c1ccccc1. The lowest BCUT2D eigenvalue weighted by Crippen LogP contribution is -2.47. The third-order valence-electron chi connectivity index (χ3n) is 3.64. The molecule has 0 heterocycles. The number of carbonyl (C=O) groups excluding carboxylic acids is 2. The van der Waals surface area contributed by atoms with Crippen molar-refractivity contribution in [3.8, 4) is 0 Å². The van der Waals surface area contributed by atoms with Crippen LogP contribution in [0.5, 0.6) is 0 Å². The number of hydrogen-bond donors (Lipinski definition) is 2. The maximum absolute atomic E-state index is 12.1. The molecule has 5 heteroatoms. The molecule has 0 aliphatic rings. The van der Waals surface area contributed by atoms with Gasteiger partial charge in [-0.2, -0.15) is 0 Å². The average molecular weight is 292 g/mol. The van der Waals surface area contributed by atoms with Gasteiger partial charge in [0.25, 0.3) is 5.91 Å². The van der Waals surface area contributed by atoms with Crippen LogP contribution in [0.4, 0.5) is 0 Å². The highest BCUT2D eigenvalue weighted by Gasteiger charge is 2.25. The predicted molar refractivity (Wildman–Crippen MR) is 81.9 cm³/mol. The molecule has 1 unspecified atom stereocenters. The number of nitrogens with one attached hydrogen (secondary N) is 1. The monoisotopic (exact) mass is 292 g/mol. The van der Waals surface area contributed by atoms with Gasteiger partial charge in [-0.15, -0.1) is 0 Å². The smallest absolute Gasteiger partial charge is 0.254 e. The zero-order valence-corrected chi connectivity index (χ0v) is 13.1. The van der Waals surface area contributed by atoms with Gasteiger partial charge in [0.05, 0.1) is 12.1 Å². The summed E-state index contributed by atoms with van der Waals surface area (Å²) in [5.41, 5.74) is -0.417. The molecule has 1 atom stereocenters. The van der Waals surface area contributed by atoms with Gasteiger partial charge in [-0.25, -0.2) is 0 Å². The molecule has 0 saturated carbocycles. The van der Waals surface area contributed by atoms with Crippen LogP contribution in [0.15, 0.2) is 30.3 Å². The first kappa shape index (κ1) is 17.2. The van der Waals surface area contributed by atoms with Gasteiger partial charge in [-0.1, -0.05) is 32.0 Å². The van der Waals surface area contributed by atoms with Gasteiger partial charge in [0.2, 0.25) is 5.91 Å². The first-order valence-electron chi connectivity index (χ1n) is 7.03. The summed E-state index contributed by atoms with van der Waals surface area (Å²) in [4.78, 5) is 25.3. The Morgan fingerprint density at radius 1 is 1.29 bits per heavy atom. The van der Waals surface area contributed by atoms with E-state index in [1.807, 2.05) is 19.9 Å². The molecule has 5 nitrogen and oxygen atoms in total. The lowest BCUT2D eigenvalue weighted by Gasteiger charge is -2.28. The fraction of sp³-hybridized carbons (Fsp3) is 0.500. The van der Waals surface area contributed by atoms with E-state index in [1.165, 1.54) is 4.90 Å². The van der Waals surface area contributed by atoms with Crippen LogP contribution in [0, 0.1) is 5.92 Å². The van der Waals surface area contributed by atoms with E-state index in [2.05, 4.69) is 5.32 Å². The van der Waals surface area contributed by atoms with Crippen LogP contribution >= 0.6 is 0 Å². The molecule has 2 N–H and O–H groups in total. The van der Waals surface area contributed by atoms with E-state index in [0.717, 1.165) is 0 Å². The van der Waals surface area contributed by atoms with Gasteiger partial charge in [-0.3, -0.25) is 9.59 Å². The Balaban J connectivity index is 2.50. The molecule has 0 saturated heterocycles. The molecular formula is C16H24N2O3. The number of likely N-dealkylation sites (N-methyl/N-ethyl adjacent to an activating group) is 1. The second kappa shape index (κ2) is 7.22. The van der Waals surface area contributed by atoms with Gasteiger partial charge >= 0.3 is 0 Å². The van der Waals surface area contributed by atoms with Crippen LogP contribution in [0.1, 0.15) is 31.1 Å². The highest BCUT2D eigenvalue weighted by atomic mass is 16.3. The maximum Gasteiger partial charge on any atom is 0.254 e. The Hall–Kier alpha value is -1.88. The summed E-state index contributed by atoms with van der Waals surface area (Å²) in [6.45, 7) is 5.57. The molecule has 0 bridgehead atoms. The van der Waals surface area contributed by atoms with Crippen molar-refractivity contribution in [2.75, 3.05) is 20.1 Å². The second-order valence-corrected chi connectivity index (χ2v) is 5.82. The predicted octanol–water partition coefficient (Wildman–Crippen LogP) is 1.28. The molecule has 1 aromatic rings. The highest BCUT2D eigenvalue weighted by Crippen LogP contribution is 2.14. The molecule has 21 heavy (non-hydrogen) atoms. The lowest BCUT2D eigenvalue weighted by atomic mass is 9.92. The Labute approximate surface area is 126 Å². The quantitative estimate of drug-likeness (QED) is 0.830. The van der Waals surface area contributed by atoms with Gasteiger partial charge in [0.1, 0.15) is 0 Å². The zero-order chi connectivity index (χ0) is 16.0. The number of benzene rings is 1. The first-order valence-corrected chi connectivity index (χ1v) is 7.03. The fourth-order valence-electron chi connectivity index (χ4n) is 1.63. The van der Waals surface area contributed by atoms with Crippen LogP contribution in [0.3, 0.4) is 0 Å². The van der Waals surface area contributed by atoms with E-state index in [9.17, 15) is 14.7 Å². The average Bonchev–Trinajstić information content (AvgIpc) is 2.45. The maximum atomic E-state index is 12.1. The number of nitrogens with zero attached hydrogens (tertiary/aromatic N) is 1. The summed E-state index contributed by atoms with van der Waals surface area (Å²) in [7, 11) is 1.58. The normalized spacial score (nSPS) is 13.6. The molecule has 116 valence electrons. The number of aliphatic hydroxyl groups is 1. The third-order valence-corrected chi connectivity index (χ3v) is 3.64. The van der Waals surface area contributed by atoms with Crippen molar-refractivity contribution < 1.29 is 14.7 Å². The molecule has 0 aromatic heterocycles. The van der Waals surface area contributed by atoms with Gasteiger partial charge in [-0.05, 0) is 25.0 Å². The van der Waals surface area contributed by atoms with E-state index in [1.54, 1.807) is 38.2 Å². The minimum atomic E-state index is -0.961. The lowest BCUT2D eigenvalue weighted by molar-refractivity contribution is -0.123. The Morgan fingerprint density at radius 2 is 1.86 bits per heavy atom. The van der Waals surface area contributed by atoms with Crippen molar-refractivity contribution in [2.45, 2.75) is 26.4 Å². The van der Waals surface area contributed by atoms with Crippen LogP contribution in [-0.2, 0) is 4.79 Å². The topological polar surface area (TPSA) is 69.6 Å². The molecule has 2 amide bonds. The molecule has 0 spiro atoms. The molecular weight excluding hydrogens is 268 g/mol. The van der Waals surface area contributed by atoms with E-state index in [0.29, 0.717) is 5.56 Å². The molecule has 1 rings (SSSR count). The van der Waals surface area contributed by atoms with Crippen molar-refractivity contribution >= 4 is 11.8 Å². The van der Waals surface area contributed by atoms with Crippen molar-refractivity contribution in [3.63, 3.8) is 0 Å². The first-order chi connectivity index (χ1) is 9.74. The zero-order valence-electron chi connectivity index (χ0n) is 13.1. The van der Waals surface area contributed by atoms with Crippen LogP contribution < -0.4 is 5.32 Å². The van der Waals surface area contributed by atoms with E-state index >= 15 is 0 Å². The number of rotatable bonds is 6. The number of amides is 2. The van der Waals surface area contributed by atoms with Crippen LogP contribution in [0.25, 0.3) is 0 Å². The van der Waals surface area contributed by atoms with E-state index in [4.69, 9.17) is 0 Å². The molecule has 0 radical (unpaired) electrons. The van der Waals surface area contributed by atoms with Crippen molar-refractivity contribution in [1.29, 1.82) is 0 Å². The third kappa shape index (κ3) is 5.19. The largest absolute Gasteiger partial charge is 0.388 e. The summed E-state index contributed by atoms with van der Waals surface area (Å²) in [5, 5.41) is 12.7. The van der Waals surface area contributed by atoms with E-state index in [-0.39, 0.29) is 30.8 Å². The molecule has 0 fully saturated rings. The van der Waals surface area contributed by atoms with Gasteiger partial charge < -0.3 is 15.3 Å². The minimum absolute atomic E-state index is 0.0291. The minimum Gasteiger partial charge on any atom is -0.388 e. The van der Waals surface area contributed by atoms with Gasteiger partial charge in [0.15, 0.2) is 0 Å². The van der Waals surface area contributed by atoms with Crippen LogP contribution in [-0.4, -0.2) is 47.6 Å². The van der Waals surface area contributed by atoms with Crippen LogP contribution in [0.2, 0.25) is 0 Å². The summed E-state index contributed by atoms with van der Waals surface area (Å²) < 4.78 is 0. The molecule has 1 aromatic carbocycles. The highest BCUT2D eigenvalue weighted by molar-refractivity contribution is 5.96. The number of hydrogen-bond acceptors (Lipinski definition) is 3. The van der Waals surface area contributed by atoms with Crippen molar-refractivity contribution in [3.05, 3.63) is 35.9 Å². The summed E-state index contributed by atoms with van der Waals surface area (Å²) in [5.74, 6) is -0.467. The second-order valence-electron chi connectivity index (χ2n) is 5.82. The summed E-state index contributed by atoms with van der Waals surface area (Å²) in [6, 6.07) is 8.81.